The lowest BCUT2D eigenvalue weighted by atomic mass is 10.1. The summed E-state index contributed by atoms with van der Waals surface area (Å²) in [5.41, 5.74) is 0.428. The van der Waals surface area contributed by atoms with Gasteiger partial charge in [-0.1, -0.05) is 55.8 Å². The summed E-state index contributed by atoms with van der Waals surface area (Å²) in [6, 6.07) is 4.88. The van der Waals surface area contributed by atoms with E-state index in [9.17, 15) is 4.79 Å². The molecule has 0 aliphatic carbocycles. The molecule has 1 aromatic rings. The zero-order valence-corrected chi connectivity index (χ0v) is 13.6. The minimum atomic E-state index is -0.127. The van der Waals surface area contributed by atoms with Crippen molar-refractivity contribution >= 4 is 29.0 Å². The van der Waals surface area contributed by atoms with Crippen molar-refractivity contribution in [2.75, 3.05) is 6.61 Å². The molecule has 0 aliphatic heterocycles. The van der Waals surface area contributed by atoms with Crippen LogP contribution in [0.2, 0.25) is 10.0 Å². The number of hydrogen-bond donors (Lipinski definition) is 0. The van der Waals surface area contributed by atoms with Crippen LogP contribution in [0.5, 0.6) is 0 Å². The zero-order valence-electron chi connectivity index (χ0n) is 12.1. The number of Topliss-reactive ketones (excluding diaryl/α,β-unsaturated/α-hetero) is 1. The molecular weight excluding hydrogens is 295 g/mol. The molecule has 0 heterocycles. The minimum absolute atomic E-state index is 0.0506. The van der Waals surface area contributed by atoms with Crippen LogP contribution in [0.15, 0.2) is 18.2 Å². The first-order valence-corrected chi connectivity index (χ1v) is 7.90. The number of halogens is 2. The van der Waals surface area contributed by atoms with Crippen LogP contribution in [0.25, 0.3) is 0 Å². The van der Waals surface area contributed by atoms with Crippen LogP contribution >= 0.6 is 23.2 Å². The maximum atomic E-state index is 12.0. The van der Waals surface area contributed by atoms with Gasteiger partial charge in [-0.3, -0.25) is 4.79 Å². The van der Waals surface area contributed by atoms with Crippen molar-refractivity contribution in [2.45, 2.75) is 52.1 Å². The van der Waals surface area contributed by atoms with Gasteiger partial charge in [0.15, 0.2) is 5.78 Å². The lowest BCUT2D eigenvalue weighted by Gasteiger charge is -2.12. The van der Waals surface area contributed by atoms with E-state index in [4.69, 9.17) is 27.9 Å². The molecule has 0 N–H and O–H groups in total. The molecule has 1 atom stereocenters. The molecule has 1 unspecified atom stereocenters. The molecule has 0 saturated carbocycles. The molecule has 0 fully saturated rings. The number of ketones is 1. The van der Waals surface area contributed by atoms with E-state index in [1.165, 1.54) is 19.3 Å². The Balaban J connectivity index is 2.37. The fourth-order valence-electron chi connectivity index (χ4n) is 1.95. The van der Waals surface area contributed by atoms with Crippen LogP contribution < -0.4 is 0 Å². The average molecular weight is 317 g/mol. The van der Waals surface area contributed by atoms with Gasteiger partial charge in [0, 0.05) is 10.6 Å². The van der Waals surface area contributed by atoms with E-state index >= 15 is 0 Å². The monoisotopic (exact) mass is 316 g/mol. The zero-order chi connectivity index (χ0) is 15.0. The van der Waals surface area contributed by atoms with Gasteiger partial charge in [-0.05, 0) is 31.5 Å². The Kier molecular flexibility index (Phi) is 8.20. The molecule has 112 valence electrons. The second-order valence-corrected chi connectivity index (χ2v) is 5.86. The number of benzene rings is 1. The molecule has 0 saturated heterocycles. The highest BCUT2D eigenvalue weighted by atomic mass is 35.5. The molecule has 0 amide bonds. The molecule has 0 spiro atoms. The third kappa shape index (κ3) is 6.25. The maximum absolute atomic E-state index is 12.0. The number of carbonyl (C=O) groups excluding carboxylic acids is 1. The predicted molar refractivity (Wildman–Crippen MR) is 85.0 cm³/mol. The van der Waals surface area contributed by atoms with Crippen LogP contribution in [0.3, 0.4) is 0 Å². The van der Waals surface area contributed by atoms with Gasteiger partial charge < -0.3 is 4.74 Å². The Morgan fingerprint density at radius 3 is 2.70 bits per heavy atom. The van der Waals surface area contributed by atoms with Crippen molar-refractivity contribution < 1.29 is 9.53 Å². The largest absolute Gasteiger partial charge is 0.370 e. The normalized spacial score (nSPS) is 12.4. The van der Waals surface area contributed by atoms with Gasteiger partial charge >= 0.3 is 0 Å². The summed E-state index contributed by atoms with van der Waals surface area (Å²) in [6.07, 6.45) is 5.91. The summed E-state index contributed by atoms with van der Waals surface area (Å²) in [6.45, 7) is 4.24. The number of unbranched alkanes of at least 4 members (excludes halogenated alkanes) is 3. The van der Waals surface area contributed by atoms with Gasteiger partial charge in [-0.15, -0.1) is 0 Å². The van der Waals surface area contributed by atoms with Crippen molar-refractivity contribution in [3.63, 3.8) is 0 Å². The number of ether oxygens (including phenoxy) is 1. The molecule has 1 aromatic carbocycles. The standard InChI is InChI=1S/C16H22Cl2O2/c1-3-4-5-6-7-12(2)20-11-16(19)14-10-13(17)8-9-15(14)18/h8-10,12H,3-7,11H2,1-2H3. The second kappa shape index (κ2) is 9.38. The fourth-order valence-corrected chi connectivity index (χ4v) is 2.34. The predicted octanol–water partition coefficient (Wildman–Crippen LogP) is 5.55. The Bertz CT molecular complexity index is 432. The van der Waals surface area contributed by atoms with Crippen molar-refractivity contribution in [1.82, 2.24) is 0 Å². The highest BCUT2D eigenvalue weighted by molar-refractivity contribution is 6.35. The van der Waals surface area contributed by atoms with E-state index < -0.39 is 0 Å². The van der Waals surface area contributed by atoms with Crippen LogP contribution in [0.4, 0.5) is 0 Å². The topological polar surface area (TPSA) is 26.3 Å². The lowest BCUT2D eigenvalue weighted by molar-refractivity contribution is 0.0483. The molecule has 20 heavy (non-hydrogen) atoms. The second-order valence-electron chi connectivity index (χ2n) is 5.02. The van der Waals surface area contributed by atoms with E-state index in [1.54, 1.807) is 18.2 Å². The van der Waals surface area contributed by atoms with Gasteiger partial charge in [0.2, 0.25) is 0 Å². The number of hydrogen-bond acceptors (Lipinski definition) is 2. The highest BCUT2D eigenvalue weighted by Gasteiger charge is 2.13. The summed E-state index contributed by atoms with van der Waals surface area (Å²) in [7, 11) is 0. The molecule has 0 aliphatic rings. The summed E-state index contributed by atoms with van der Waals surface area (Å²) in [4.78, 5) is 12.0. The van der Waals surface area contributed by atoms with E-state index in [2.05, 4.69) is 6.92 Å². The Morgan fingerprint density at radius 1 is 1.25 bits per heavy atom. The first kappa shape index (κ1) is 17.5. The molecule has 1 rings (SSSR count). The van der Waals surface area contributed by atoms with Crippen molar-refractivity contribution in [3.8, 4) is 0 Å². The van der Waals surface area contributed by atoms with Crippen LogP contribution in [-0.4, -0.2) is 18.5 Å². The van der Waals surface area contributed by atoms with Gasteiger partial charge in [0.1, 0.15) is 6.61 Å². The van der Waals surface area contributed by atoms with Gasteiger partial charge in [-0.25, -0.2) is 0 Å². The number of rotatable bonds is 9. The minimum Gasteiger partial charge on any atom is -0.370 e. The smallest absolute Gasteiger partial charge is 0.190 e. The average Bonchev–Trinajstić information content (AvgIpc) is 2.43. The van der Waals surface area contributed by atoms with Crippen molar-refractivity contribution in [2.24, 2.45) is 0 Å². The van der Waals surface area contributed by atoms with E-state index in [-0.39, 0.29) is 18.5 Å². The summed E-state index contributed by atoms with van der Waals surface area (Å²) in [5, 5.41) is 0.920. The summed E-state index contributed by atoms with van der Waals surface area (Å²) in [5.74, 6) is -0.127. The van der Waals surface area contributed by atoms with Gasteiger partial charge in [0.05, 0.1) is 11.1 Å². The molecule has 0 bridgehead atoms. The third-order valence-corrected chi connectivity index (χ3v) is 3.76. The Hall–Kier alpha value is -0.570. The Labute approximate surface area is 131 Å². The van der Waals surface area contributed by atoms with Crippen LogP contribution in [0.1, 0.15) is 56.3 Å². The first-order chi connectivity index (χ1) is 9.54. The van der Waals surface area contributed by atoms with E-state index in [0.717, 1.165) is 12.8 Å². The maximum Gasteiger partial charge on any atom is 0.190 e. The van der Waals surface area contributed by atoms with Crippen LogP contribution in [0, 0.1) is 0 Å². The van der Waals surface area contributed by atoms with Crippen molar-refractivity contribution in [1.29, 1.82) is 0 Å². The molecule has 0 aromatic heterocycles. The summed E-state index contributed by atoms with van der Waals surface area (Å²) >= 11 is 11.9. The quantitative estimate of drug-likeness (QED) is 0.441. The SMILES string of the molecule is CCCCCCC(C)OCC(=O)c1cc(Cl)ccc1Cl. The molecule has 2 nitrogen and oxygen atoms in total. The number of carbonyl (C=O) groups is 1. The van der Waals surface area contributed by atoms with Crippen molar-refractivity contribution in [3.05, 3.63) is 33.8 Å². The van der Waals surface area contributed by atoms with E-state index in [0.29, 0.717) is 15.6 Å². The lowest BCUT2D eigenvalue weighted by Crippen LogP contribution is -2.16. The Morgan fingerprint density at radius 2 is 2.00 bits per heavy atom. The van der Waals surface area contributed by atoms with Gasteiger partial charge in [0.25, 0.3) is 0 Å². The van der Waals surface area contributed by atoms with Gasteiger partial charge in [-0.2, -0.15) is 0 Å². The van der Waals surface area contributed by atoms with E-state index in [1.807, 2.05) is 6.92 Å². The molecular formula is C16H22Cl2O2. The molecule has 4 heteroatoms. The first-order valence-electron chi connectivity index (χ1n) is 7.14. The third-order valence-electron chi connectivity index (χ3n) is 3.19. The fraction of sp³-hybridized carbons (Fsp3) is 0.562. The van der Waals surface area contributed by atoms with Crippen LogP contribution in [-0.2, 0) is 4.74 Å². The molecule has 0 radical (unpaired) electrons. The summed E-state index contributed by atoms with van der Waals surface area (Å²) < 4.78 is 5.58. The highest BCUT2D eigenvalue weighted by Crippen LogP contribution is 2.21.